The monoisotopic (exact) mass is 188 g/mol. The smallest absolute Gasteiger partial charge is 0.303 e. The summed E-state index contributed by atoms with van der Waals surface area (Å²) in [5, 5.41) is 8.40. The van der Waals surface area contributed by atoms with Gasteiger partial charge in [-0.15, -0.1) is 0 Å². The second-order valence-corrected chi connectivity index (χ2v) is 3.33. The molecule has 0 aromatic carbocycles. The van der Waals surface area contributed by atoms with Gasteiger partial charge < -0.3 is 16.6 Å². The minimum absolute atomic E-state index is 0.0360. The number of hydrogen-bond donors (Lipinski definition) is 3. The standard InChI is InChI=1S/C9H20N2O2/c10-7-3-1-2-4-8(11)5-6-9(12)13/h8H,1-7,10-11H2,(H,12,13)/t8-/m0/s1. The van der Waals surface area contributed by atoms with E-state index in [2.05, 4.69) is 0 Å². The fraction of sp³-hybridized carbons (Fsp3) is 0.889. The lowest BCUT2D eigenvalue weighted by molar-refractivity contribution is -0.137. The molecule has 0 saturated heterocycles. The summed E-state index contributed by atoms with van der Waals surface area (Å²) in [6.45, 7) is 0.727. The maximum Gasteiger partial charge on any atom is 0.303 e. The van der Waals surface area contributed by atoms with E-state index in [4.69, 9.17) is 16.6 Å². The first-order valence-corrected chi connectivity index (χ1v) is 4.84. The van der Waals surface area contributed by atoms with Gasteiger partial charge in [0, 0.05) is 12.5 Å². The Balaban J connectivity index is 3.19. The lowest BCUT2D eigenvalue weighted by Crippen LogP contribution is -2.20. The van der Waals surface area contributed by atoms with Crippen LogP contribution in [0.15, 0.2) is 0 Å². The average molecular weight is 188 g/mol. The molecule has 0 bridgehead atoms. The van der Waals surface area contributed by atoms with Crippen molar-refractivity contribution in [3.63, 3.8) is 0 Å². The van der Waals surface area contributed by atoms with Crippen LogP contribution >= 0.6 is 0 Å². The fourth-order valence-electron chi connectivity index (χ4n) is 1.18. The van der Waals surface area contributed by atoms with Gasteiger partial charge >= 0.3 is 5.97 Å². The van der Waals surface area contributed by atoms with E-state index < -0.39 is 5.97 Å². The third-order valence-corrected chi connectivity index (χ3v) is 2.01. The van der Waals surface area contributed by atoms with Gasteiger partial charge in [-0.1, -0.05) is 12.8 Å². The van der Waals surface area contributed by atoms with Gasteiger partial charge in [0.25, 0.3) is 0 Å². The predicted molar refractivity (Wildman–Crippen MR) is 52.4 cm³/mol. The number of carboxylic acids is 1. The third-order valence-electron chi connectivity index (χ3n) is 2.01. The summed E-state index contributed by atoms with van der Waals surface area (Å²) >= 11 is 0. The zero-order valence-electron chi connectivity index (χ0n) is 8.04. The molecule has 0 spiro atoms. The summed E-state index contributed by atoms with van der Waals surface area (Å²) in [4.78, 5) is 10.2. The molecule has 0 amide bonds. The van der Waals surface area contributed by atoms with Crippen molar-refractivity contribution in [2.45, 2.75) is 44.6 Å². The van der Waals surface area contributed by atoms with Crippen molar-refractivity contribution in [1.29, 1.82) is 0 Å². The van der Waals surface area contributed by atoms with Gasteiger partial charge in [0.1, 0.15) is 0 Å². The highest BCUT2D eigenvalue weighted by Gasteiger charge is 2.04. The van der Waals surface area contributed by atoms with Crippen LogP contribution in [0.2, 0.25) is 0 Å². The van der Waals surface area contributed by atoms with E-state index in [0.29, 0.717) is 6.42 Å². The van der Waals surface area contributed by atoms with Crippen LogP contribution < -0.4 is 11.5 Å². The van der Waals surface area contributed by atoms with E-state index in [-0.39, 0.29) is 12.5 Å². The highest BCUT2D eigenvalue weighted by molar-refractivity contribution is 5.66. The van der Waals surface area contributed by atoms with Crippen molar-refractivity contribution >= 4 is 5.97 Å². The SMILES string of the molecule is NCCCCC[C@H](N)CCC(=O)O. The number of aliphatic carboxylic acids is 1. The molecule has 4 nitrogen and oxygen atoms in total. The second-order valence-electron chi connectivity index (χ2n) is 3.33. The Hall–Kier alpha value is -0.610. The molecule has 0 heterocycles. The largest absolute Gasteiger partial charge is 0.481 e. The van der Waals surface area contributed by atoms with Crippen LogP contribution in [0, 0.1) is 0 Å². The number of carbonyl (C=O) groups is 1. The van der Waals surface area contributed by atoms with Crippen molar-refractivity contribution in [2.24, 2.45) is 11.5 Å². The van der Waals surface area contributed by atoms with E-state index in [1.165, 1.54) is 0 Å². The van der Waals surface area contributed by atoms with Crippen LogP contribution in [0.25, 0.3) is 0 Å². The molecule has 0 aliphatic carbocycles. The molecule has 0 aromatic heterocycles. The number of hydrogen-bond acceptors (Lipinski definition) is 3. The number of unbranched alkanes of at least 4 members (excludes halogenated alkanes) is 2. The first-order chi connectivity index (χ1) is 6.16. The van der Waals surface area contributed by atoms with Crippen molar-refractivity contribution in [2.75, 3.05) is 6.54 Å². The molecule has 0 radical (unpaired) electrons. The molecule has 5 N–H and O–H groups in total. The normalized spacial score (nSPS) is 12.8. The topological polar surface area (TPSA) is 89.3 Å². The van der Waals surface area contributed by atoms with Gasteiger partial charge in [-0.05, 0) is 25.8 Å². The molecule has 0 unspecified atom stereocenters. The quantitative estimate of drug-likeness (QED) is 0.489. The molecule has 0 aliphatic heterocycles. The van der Waals surface area contributed by atoms with E-state index in [0.717, 1.165) is 32.2 Å². The van der Waals surface area contributed by atoms with Gasteiger partial charge in [-0.3, -0.25) is 4.79 Å². The zero-order valence-corrected chi connectivity index (χ0v) is 8.04. The third kappa shape index (κ3) is 9.30. The minimum Gasteiger partial charge on any atom is -0.481 e. The Kier molecular flexibility index (Phi) is 7.63. The average Bonchev–Trinajstić information content (AvgIpc) is 2.09. The zero-order chi connectivity index (χ0) is 10.1. The molecular weight excluding hydrogens is 168 g/mol. The lowest BCUT2D eigenvalue weighted by Gasteiger charge is -2.08. The van der Waals surface area contributed by atoms with Crippen molar-refractivity contribution < 1.29 is 9.90 Å². The van der Waals surface area contributed by atoms with Gasteiger partial charge in [0.15, 0.2) is 0 Å². The summed E-state index contributed by atoms with van der Waals surface area (Å²) in [6, 6.07) is 0.0360. The molecule has 4 heteroatoms. The maximum atomic E-state index is 10.2. The van der Waals surface area contributed by atoms with Gasteiger partial charge in [-0.2, -0.15) is 0 Å². The summed E-state index contributed by atoms with van der Waals surface area (Å²) < 4.78 is 0. The van der Waals surface area contributed by atoms with Crippen LogP contribution in [0.1, 0.15) is 38.5 Å². The Morgan fingerprint density at radius 3 is 2.46 bits per heavy atom. The van der Waals surface area contributed by atoms with Crippen molar-refractivity contribution in [3.8, 4) is 0 Å². The second kappa shape index (κ2) is 8.01. The fourth-order valence-corrected chi connectivity index (χ4v) is 1.18. The molecule has 0 aromatic rings. The molecular formula is C9H20N2O2. The number of nitrogens with two attached hydrogens (primary N) is 2. The van der Waals surface area contributed by atoms with Crippen LogP contribution in [-0.4, -0.2) is 23.7 Å². The Morgan fingerprint density at radius 1 is 1.23 bits per heavy atom. The van der Waals surface area contributed by atoms with Crippen LogP contribution in [0.4, 0.5) is 0 Å². The van der Waals surface area contributed by atoms with Crippen molar-refractivity contribution in [1.82, 2.24) is 0 Å². The summed E-state index contributed by atoms with van der Waals surface area (Å²) in [5.41, 5.74) is 11.0. The Morgan fingerprint density at radius 2 is 1.92 bits per heavy atom. The van der Waals surface area contributed by atoms with E-state index in [1.807, 2.05) is 0 Å². The first kappa shape index (κ1) is 12.4. The summed E-state index contributed by atoms with van der Waals surface area (Å²) in [7, 11) is 0. The predicted octanol–water partition coefficient (Wildman–Crippen LogP) is 0.698. The van der Waals surface area contributed by atoms with E-state index in [1.54, 1.807) is 0 Å². The molecule has 1 atom stereocenters. The first-order valence-electron chi connectivity index (χ1n) is 4.84. The molecule has 0 fully saturated rings. The highest BCUT2D eigenvalue weighted by Crippen LogP contribution is 2.05. The van der Waals surface area contributed by atoms with Gasteiger partial charge in [0.05, 0.1) is 0 Å². The molecule has 13 heavy (non-hydrogen) atoms. The summed E-state index contributed by atoms with van der Waals surface area (Å²) in [5.74, 6) is -0.766. The van der Waals surface area contributed by atoms with Crippen LogP contribution in [0.5, 0.6) is 0 Å². The maximum absolute atomic E-state index is 10.2. The Labute approximate surface area is 79.3 Å². The van der Waals surface area contributed by atoms with Gasteiger partial charge in [0.2, 0.25) is 0 Å². The minimum atomic E-state index is -0.766. The van der Waals surface area contributed by atoms with E-state index in [9.17, 15) is 4.79 Å². The van der Waals surface area contributed by atoms with Crippen LogP contribution in [0.3, 0.4) is 0 Å². The van der Waals surface area contributed by atoms with Crippen molar-refractivity contribution in [3.05, 3.63) is 0 Å². The molecule has 0 rings (SSSR count). The van der Waals surface area contributed by atoms with E-state index >= 15 is 0 Å². The molecule has 0 aliphatic rings. The molecule has 78 valence electrons. The number of rotatable bonds is 8. The number of carboxylic acid groups (broad SMARTS) is 1. The molecule has 0 saturated carbocycles. The highest BCUT2D eigenvalue weighted by atomic mass is 16.4. The lowest BCUT2D eigenvalue weighted by atomic mass is 10.0. The Bertz CT molecular complexity index is 140. The van der Waals surface area contributed by atoms with Crippen LogP contribution in [-0.2, 0) is 4.79 Å². The summed E-state index contributed by atoms with van der Waals surface area (Å²) in [6.07, 6.45) is 4.85. The van der Waals surface area contributed by atoms with Gasteiger partial charge in [-0.25, -0.2) is 0 Å².